The van der Waals surface area contributed by atoms with Gasteiger partial charge >= 0.3 is 12.1 Å². The molecule has 0 radical (unpaired) electrons. The normalized spacial score (nSPS) is 19.1. The summed E-state index contributed by atoms with van der Waals surface area (Å²) in [6.07, 6.45) is 0.800. The van der Waals surface area contributed by atoms with Crippen molar-refractivity contribution in [1.29, 1.82) is 0 Å². The number of ether oxygens (including phenoxy) is 2. The van der Waals surface area contributed by atoms with Crippen LogP contribution in [0.3, 0.4) is 0 Å². The van der Waals surface area contributed by atoms with Crippen molar-refractivity contribution in [2.24, 2.45) is 13.0 Å². The predicted octanol–water partition coefficient (Wildman–Crippen LogP) is 3.13. The lowest BCUT2D eigenvalue weighted by molar-refractivity contribution is -0.143. The number of carbonyl (C=O) groups is 2. The molecule has 180 valence electrons. The highest BCUT2D eigenvalue weighted by atomic mass is 19.1. The molecule has 1 N–H and O–H groups in total. The number of carboxylic acids is 1. The molecule has 0 bridgehead atoms. The first-order chi connectivity index (χ1) is 15.7. The van der Waals surface area contributed by atoms with Gasteiger partial charge in [-0.2, -0.15) is 0 Å². The van der Waals surface area contributed by atoms with E-state index in [1.165, 1.54) is 23.6 Å². The number of halogens is 1. The number of alkyl halides is 1. The minimum Gasteiger partial charge on any atom is -0.489 e. The molecular weight excluding hydrogens is 433 g/mol. The van der Waals surface area contributed by atoms with Gasteiger partial charge in [-0.05, 0) is 51.7 Å². The van der Waals surface area contributed by atoms with E-state index in [1.54, 1.807) is 26.1 Å². The first-order valence-corrected chi connectivity index (χ1v) is 10.9. The van der Waals surface area contributed by atoms with Crippen LogP contribution in [0.5, 0.6) is 5.75 Å². The Balaban J connectivity index is 1.70. The molecule has 11 heteroatoms. The van der Waals surface area contributed by atoms with Crippen LogP contribution in [0.25, 0.3) is 11.4 Å². The molecule has 33 heavy (non-hydrogen) atoms. The van der Waals surface area contributed by atoms with E-state index in [2.05, 4.69) is 15.3 Å². The van der Waals surface area contributed by atoms with Gasteiger partial charge in [0.05, 0.1) is 30.0 Å². The summed E-state index contributed by atoms with van der Waals surface area (Å²) in [6, 6.07) is 3.52. The van der Waals surface area contributed by atoms with Crippen LogP contribution in [-0.2, 0) is 23.2 Å². The molecule has 1 aliphatic rings. The number of carbonyl (C=O) groups excluding carboxylic acids is 1. The monoisotopic (exact) mass is 463 g/mol. The molecule has 0 aliphatic heterocycles. The first-order valence-electron chi connectivity index (χ1n) is 10.9. The van der Waals surface area contributed by atoms with Gasteiger partial charge < -0.3 is 19.5 Å². The molecule has 1 aliphatic carbocycles. The van der Waals surface area contributed by atoms with Crippen molar-refractivity contribution in [2.75, 3.05) is 13.6 Å². The van der Waals surface area contributed by atoms with E-state index in [-0.39, 0.29) is 25.2 Å². The second-order valence-corrected chi connectivity index (χ2v) is 8.45. The second kappa shape index (κ2) is 10.6. The largest absolute Gasteiger partial charge is 0.489 e. The molecule has 1 amide bonds. The number of hydrogen-bond acceptors (Lipinski definition) is 7. The number of carboxylic acid groups (broad SMARTS) is 1. The van der Waals surface area contributed by atoms with Gasteiger partial charge in [-0.1, -0.05) is 5.21 Å². The van der Waals surface area contributed by atoms with Crippen molar-refractivity contribution in [3.8, 4) is 17.1 Å². The zero-order valence-electron chi connectivity index (χ0n) is 19.3. The van der Waals surface area contributed by atoms with Crippen LogP contribution in [-0.4, -0.2) is 67.9 Å². The molecule has 1 fully saturated rings. The Morgan fingerprint density at radius 2 is 2.12 bits per heavy atom. The standard InChI is InChI=1S/C22H30FN5O5/c1-13(23)11-27(3)22(31)32-12-18-20(25-26-28(18)4)17-8-9-19(14(2)24-17)33-16-7-5-6-15(10-16)21(29)30/h8-9,13,15-16H,5-7,10-12H2,1-4H3,(H,29,30)/t13?,15-,16-/m0/s1. The van der Waals surface area contributed by atoms with Gasteiger partial charge in [-0.25, -0.2) is 18.9 Å². The van der Waals surface area contributed by atoms with Gasteiger partial charge in [0, 0.05) is 14.1 Å². The summed E-state index contributed by atoms with van der Waals surface area (Å²) >= 11 is 0. The number of aromatic nitrogens is 4. The van der Waals surface area contributed by atoms with E-state index in [0.717, 1.165) is 12.8 Å². The highest BCUT2D eigenvalue weighted by Gasteiger charge is 2.28. The maximum Gasteiger partial charge on any atom is 0.409 e. The molecule has 2 aromatic heterocycles. The van der Waals surface area contributed by atoms with E-state index < -0.39 is 18.2 Å². The summed E-state index contributed by atoms with van der Waals surface area (Å²) in [4.78, 5) is 29.2. The van der Waals surface area contributed by atoms with Crippen LogP contribution in [0, 0.1) is 12.8 Å². The lowest BCUT2D eigenvalue weighted by Crippen LogP contribution is -2.32. The fourth-order valence-corrected chi connectivity index (χ4v) is 3.89. The van der Waals surface area contributed by atoms with E-state index in [0.29, 0.717) is 41.4 Å². The van der Waals surface area contributed by atoms with Crippen LogP contribution in [0.1, 0.15) is 44.0 Å². The second-order valence-electron chi connectivity index (χ2n) is 8.45. The Kier molecular flexibility index (Phi) is 7.83. The number of aryl methyl sites for hydroxylation is 2. The number of hydrogen-bond donors (Lipinski definition) is 1. The maximum atomic E-state index is 13.1. The summed E-state index contributed by atoms with van der Waals surface area (Å²) < 4.78 is 26.0. The third-order valence-electron chi connectivity index (χ3n) is 5.66. The fraction of sp³-hybridized carbons (Fsp3) is 0.591. The van der Waals surface area contributed by atoms with Crippen LogP contribution in [0.2, 0.25) is 0 Å². The summed E-state index contributed by atoms with van der Waals surface area (Å²) in [5, 5.41) is 17.4. The minimum absolute atomic E-state index is 0.0637. The third-order valence-corrected chi connectivity index (χ3v) is 5.66. The van der Waals surface area contributed by atoms with Crippen molar-refractivity contribution < 1.29 is 28.6 Å². The number of amides is 1. The highest BCUT2D eigenvalue weighted by molar-refractivity contribution is 5.70. The number of rotatable bonds is 8. The molecule has 1 saturated carbocycles. The Morgan fingerprint density at radius 3 is 2.79 bits per heavy atom. The Bertz CT molecular complexity index is 996. The Morgan fingerprint density at radius 1 is 1.36 bits per heavy atom. The summed E-state index contributed by atoms with van der Waals surface area (Å²) in [5.74, 6) is -0.572. The zero-order chi connectivity index (χ0) is 24.1. The van der Waals surface area contributed by atoms with E-state index >= 15 is 0 Å². The summed E-state index contributed by atoms with van der Waals surface area (Å²) in [6.45, 7) is 3.01. The minimum atomic E-state index is -1.16. The topological polar surface area (TPSA) is 120 Å². The Labute approximate surface area is 191 Å². The smallest absolute Gasteiger partial charge is 0.409 e. The number of nitrogens with zero attached hydrogens (tertiary/aromatic N) is 5. The number of pyridine rings is 1. The quantitative estimate of drug-likeness (QED) is 0.634. The van der Waals surface area contributed by atoms with Crippen molar-refractivity contribution in [3.05, 3.63) is 23.5 Å². The molecular formula is C22H30FN5O5. The lowest BCUT2D eigenvalue weighted by atomic mass is 9.87. The van der Waals surface area contributed by atoms with Crippen LogP contribution in [0.4, 0.5) is 9.18 Å². The van der Waals surface area contributed by atoms with Gasteiger partial charge in [0.25, 0.3) is 0 Å². The van der Waals surface area contributed by atoms with E-state index in [9.17, 15) is 19.1 Å². The fourth-order valence-electron chi connectivity index (χ4n) is 3.89. The predicted molar refractivity (Wildman–Crippen MR) is 116 cm³/mol. The molecule has 0 saturated heterocycles. The maximum absolute atomic E-state index is 13.1. The van der Waals surface area contributed by atoms with Crippen molar-refractivity contribution in [3.63, 3.8) is 0 Å². The molecule has 2 aromatic rings. The molecule has 1 unspecified atom stereocenters. The Hall–Kier alpha value is -3.24. The molecule has 0 aromatic carbocycles. The van der Waals surface area contributed by atoms with Crippen molar-refractivity contribution >= 4 is 12.1 Å². The molecule has 2 heterocycles. The van der Waals surface area contributed by atoms with Crippen LogP contribution >= 0.6 is 0 Å². The average Bonchev–Trinajstić information content (AvgIpc) is 3.13. The van der Waals surface area contributed by atoms with Gasteiger partial charge in [0.1, 0.15) is 29.9 Å². The first kappa shape index (κ1) is 24.4. The zero-order valence-corrected chi connectivity index (χ0v) is 19.3. The molecule has 0 spiro atoms. The lowest BCUT2D eigenvalue weighted by Gasteiger charge is -2.27. The van der Waals surface area contributed by atoms with Crippen molar-refractivity contribution in [2.45, 2.75) is 58.4 Å². The van der Waals surface area contributed by atoms with Crippen LogP contribution in [0.15, 0.2) is 12.1 Å². The van der Waals surface area contributed by atoms with Gasteiger partial charge in [0.2, 0.25) is 0 Å². The average molecular weight is 464 g/mol. The number of aliphatic carboxylic acids is 1. The van der Waals surface area contributed by atoms with E-state index in [1.807, 2.05) is 0 Å². The van der Waals surface area contributed by atoms with E-state index in [4.69, 9.17) is 9.47 Å². The molecule has 3 atom stereocenters. The SMILES string of the molecule is Cc1nc(-c2nnn(C)c2COC(=O)N(C)CC(C)F)ccc1O[C@H]1CCC[C@H](C(=O)O)C1. The van der Waals surface area contributed by atoms with Gasteiger partial charge in [-0.3, -0.25) is 4.79 Å². The third kappa shape index (κ3) is 6.17. The molecule has 10 nitrogen and oxygen atoms in total. The highest BCUT2D eigenvalue weighted by Crippen LogP contribution is 2.30. The van der Waals surface area contributed by atoms with Crippen molar-refractivity contribution in [1.82, 2.24) is 24.9 Å². The summed E-state index contributed by atoms with van der Waals surface area (Å²) in [7, 11) is 3.15. The van der Waals surface area contributed by atoms with Gasteiger partial charge in [-0.15, -0.1) is 5.10 Å². The summed E-state index contributed by atoms with van der Waals surface area (Å²) in [5.41, 5.74) is 2.18. The van der Waals surface area contributed by atoms with Crippen LogP contribution < -0.4 is 4.74 Å². The van der Waals surface area contributed by atoms with Gasteiger partial charge in [0.15, 0.2) is 0 Å². The molecule has 3 rings (SSSR count).